The molecule has 6 saturated heterocycles. The number of rotatable bonds is 12. The summed E-state index contributed by atoms with van der Waals surface area (Å²) in [4.78, 5) is 8.96. The molecule has 0 aliphatic carbocycles. The molecule has 14 heteroatoms. The number of aryl methyl sites for hydroxylation is 2. The average molecular weight is 1140 g/mol. The number of nitrogens with zero attached hydrogens (tertiary/aromatic N) is 4. The minimum Gasteiger partial charge on any atom is -0.744 e. The van der Waals surface area contributed by atoms with Crippen LogP contribution in [0.15, 0.2) is 205 Å². The van der Waals surface area contributed by atoms with Crippen molar-refractivity contribution in [3.63, 3.8) is 0 Å². The fourth-order valence-corrected chi connectivity index (χ4v) is 15.6. The summed E-state index contributed by atoms with van der Waals surface area (Å²) in [6, 6.07) is 50.5. The molecule has 2 aromatic heterocycles. The normalized spacial score (nSPS) is 24.7. The molecular formula is C68H70N4O8S2. The van der Waals surface area contributed by atoms with Crippen LogP contribution < -0.4 is 0 Å². The molecule has 8 heterocycles. The van der Waals surface area contributed by atoms with Crippen molar-refractivity contribution in [3.8, 4) is 0 Å². The third-order valence-corrected chi connectivity index (χ3v) is 20.5. The highest BCUT2D eigenvalue weighted by Gasteiger charge is 2.56. The molecule has 0 radical (unpaired) electrons. The average Bonchev–Trinajstić information content (AvgIpc) is 3.63. The zero-order chi connectivity index (χ0) is 57.6. The highest BCUT2D eigenvalue weighted by atomic mass is 32.2. The Morgan fingerprint density at radius 3 is 1.17 bits per heavy atom. The predicted octanol–water partition coefficient (Wildman–Crippen LogP) is 12.2. The highest BCUT2D eigenvalue weighted by molar-refractivity contribution is 7.86. The smallest absolute Gasteiger partial charge is 0.131 e. The number of para-hydroxylation sites is 2. The van der Waals surface area contributed by atoms with Crippen LogP contribution in [0.4, 0.5) is 0 Å². The van der Waals surface area contributed by atoms with Gasteiger partial charge in [0.25, 0.3) is 0 Å². The van der Waals surface area contributed by atoms with E-state index < -0.39 is 32.4 Å². The minimum absolute atomic E-state index is 0.0540. The molecule has 82 heavy (non-hydrogen) atoms. The number of aliphatic hydroxyl groups excluding tert-OH is 2. The van der Waals surface area contributed by atoms with Crippen molar-refractivity contribution in [1.82, 2.24) is 9.97 Å². The molecule has 12 nitrogen and oxygen atoms in total. The van der Waals surface area contributed by atoms with Crippen molar-refractivity contribution >= 4 is 63.6 Å². The van der Waals surface area contributed by atoms with Crippen LogP contribution in [0.3, 0.4) is 0 Å². The van der Waals surface area contributed by atoms with Crippen molar-refractivity contribution in [2.75, 3.05) is 26.2 Å². The topological polar surface area (TPSA) is 181 Å². The molecule has 7 aromatic carbocycles. The second-order valence-corrected chi connectivity index (χ2v) is 26.1. The lowest BCUT2D eigenvalue weighted by Crippen LogP contribution is -2.67. The monoisotopic (exact) mass is 1130 g/mol. The van der Waals surface area contributed by atoms with Gasteiger partial charge in [-0.25, -0.2) is 16.8 Å². The third-order valence-electron chi connectivity index (χ3n) is 18.8. The number of benzene rings is 7. The van der Waals surface area contributed by atoms with Gasteiger partial charge in [-0.3, -0.25) is 9.97 Å². The second-order valence-electron chi connectivity index (χ2n) is 23.4. The van der Waals surface area contributed by atoms with E-state index in [2.05, 4.69) is 120 Å². The number of piperidine rings is 6. The molecule has 6 aliphatic heterocycles. The quantitative estimate of drug-likeness (QED) is 0.0517. The van der Waals surface area contributed by atoms with Gasteiger partial charge in [0.1, 0.15) is 57.6 Å². The van der Waals surface area contributed by atoms with Gasteiger partial charge in [-0.15, -0.1) is 13.2 Å². The number of fused-ring (bicyclic) bond motifs is 10. The Bertz CT molecular complexity index is 3750. The van der Waals surface area contributed by atoms with E-state index in [1.165, 1.54) is 56.9 Å². The summed E-state index contributed by atoms with van der Waals surface area (Å²) < 4.78 is 64.0. The largest absolute Gasteiger partial charge is 0.744 e. The molecule has 0 saturated carbocycles. The van der Waals surface area contributed by atoms with E-state index in [1.807, 2.05) is 50.5 Å². The summed E-state index contributed by atoms with van der Waals surface area (Å²) in [7, 11) is -8.54. The van der Waals surface area contributed by atoms with Gasteiger partial charge in [0.2, 0.25) is 0 Å². The maximum Gasteiger partial charge on any atom is 0.131 e. The van der Waals surface area contributed by atoms with Gasteiger partial charge in [-0.2, -0.15) is 0 Å². The van der Waals surface area contributed by atoms with E-state index in [0.717, 1.165) is 118 Å². The Morgan fingerprint density at radius 1 is 0.512 bits per heavy atom. The molecule has 422 valence electrons. The maximum atomic E-state index is 12.6. The summed E-state index contributed by atoms with van der Waals surface area (Å²) >= 11 is 0. The molecular weight excluding hydrogens is 1060 g/mol. The van der Waals surface area contributed by atoms with Gasteiger partial charge in [0.15, 0.2) is 0 Å². The minimum atomic E-state index is -4.27. The van der Waals surface area contributed by atoms with Crippen LogP contribution in [0, 0.1) is 37.5 Å². The van der Waals surface area contributed by atoms with Crippen LogP contribution in [0.5, 0.6) is 0 Å². The highest BCUT2D eigenvalue weighted by Crippen LogP contribution is 2.52. The second kappa shape index (κ2) is 23.0. The van der Waals surface area contributed by atoms with Crippen LogP contribution in [-0.4, -0.2) is 93.4 Å². The number of aliphatic hydroxyl groups is 2. The summed E-state index contributed by atoms with van der Waals surface area (Å²) in [5.74, 6) is 1.90. The number of hydrogen-bond acceptors (Lipinski definition) is 10. The Morgan fingerprint density at radius 2 is 0.841 bits per heavy atom. The van der Waals surface area contributed by atoms with E-state index >= 15 is 0 Å². The number of hydrogen-bond donors (Lipinski definition) is 2. The summed E-state index contributed by atoms with van der Waals surface area (Å²) in [6.07, 6.45) is 11.2. The first-order valence-corrected chi connectivity index (χ1v) is 31.2. The predicted molar refractivity (Wildman–Crippen MR) is 321 cm³/mol. The molecule has 6 fully saturated rings. The zero-order valence-corrected chi connectivity index (χ0v) is 48.0. The van der Waals surface area contributed by atoms with Gasteiger partial charge >= 0.3 is 0 Å². The van der Waals surface area contributed by atoms with E-state index in [0.29, 0.717) is 23.7 Å². The fourth-order valence-electron chi connectivity index (χ4n) is 14.6. The van der Waals surface area contributed by atoms with Gasteiger partial charge in [0, 0.05) is 71.8 Å². The first-order valence-electron chi connectivity index (χ1n) is 28.4. The first kappa shape index (κ1) is 56.9. The van der Waals surface area contributed by atoms with E-state index in [-0.39, 0.29) is 21.9 Å². The van der Waals surface area contributed by atoms with Gasteiger partial charge < -0.3 is 28.3 Å². The van der Waals surface area contributed by atoms with Crippen molar-refractivity contribution in [1.29, 1.82) is 0 Å². The number of pyridine rings is 2. The molecule has 9 aromatic rings. The Hall–Kier alpha value is -6.98. The van der Waals surface area contributed by atoms with Crippen molar-refractivity contribution < 1.29 is 45.1 Å². The van der Waals surface area contributed by atoms with Crippen LogP contribution in [0.1, 0.15) is 71.3 Å². The van der Waals surface area contributed by atoms with Crippen molar-refractivity contribution in [2.24, 2.45) is 23.7 Å². The molecule has 2 N–H and O–H groups in total. The molecule has 0 amide bonds. The maximum absolute atomic E-state index is 12.6. The summed E-state index contributed by atoms with van der Waals surface area (Å²) in [5, 5.41) is 32.6. The summed E-state index contributed by atoms with van der Waals surface area (Å²) in [5.41, 5.74) is 8.46. The SMILES string of the molecule is C=C[C@H]1C[N+]2(Cc3c4ccccc4c(C[N+]45CC[C@@H](C[C@H]4[C@H](O)c4ccnc6ccccc46)[C@@H](C=C)C5)c4ccccc34)CC[C@H]1C[C@H]2[C@H](O)c1ccnc2ccccc12.Cc1ccc(S(=O)(=O)[O-])cc1.Cc1ccc(S(=O)(=O)[O-])cc1. The van der Waals surface area contributed by atoms with Gasteiger partial charge in [-0.05, 0) is 107 Å². The molecule has 2 unspecified atom stereocenters. The number of quaternary nitrogens is 2. The van der Waals surface area contributed by atoms with Crippen molar-refractivity contribution in [3.05, 3.63) is 229 Å². The lowest BCUT2D eigenvalue weighted by molar-refractivity contribution is -0.984. The number of aromatic nitrogens is 2. The van der Waals surface area contributed by atoms with Gasteiger partial charge in [0.05, 0.1) is 47.0 Å². The molecule has 10 atom stereocenters. The summed E-state index contributed by atoms with van der Waals surface area (Å²) in [6.45, 7) is 18.1. The Kier molecular flexibility index (Phi) is 15.9. The third kappa shape index (κ3) is 11.1. The molecule has 0 spiro atoms. The van der Waals surface area contributed by atoms with E-state index in [1.54, 1.807) is 24.3 Å². The standard InChI is InChI=1S/C54H56N4O2.2C7H8O3S/c1-3-35-31-57(27-23-37(35)29-51(57)53(59)45-21-25-55-49-19-11-9-17-43(45)49)33-47-39-13-5-7-15-41(39)48(42-16-8-6-14-40(42)47)34-58-28-24-38(36(4-2)32-58)30-52(58)54(60)46-22-26-56-50-20-12-10-18-44(46)50;2*1-6-2-4-7(5-3-6)11(8,9)10/h3-22,25-26,35-38,51-54,59-60H,1-2,23-24,27-34H2;2*2-5H,1H3,(H,8,9,10)/q+2;;/p-2/t35-,36-,37-,38-,51-,52-,53+,54+,57?,58?;;/m0../s1. The van der Waals surface area contributed by atoms with Gasteiger partial charge in [-0.1, -0.05) is 132 Å². The van der Waals surface area contributed by atoms with Crippen molar-refractivity contribution in [2.45, 2.75) is 86.7 Å². The lowest BCUT2D eigenvalue weighted by atomic mass is 9.70. The fraction of sp³-hybridized carbons (Fsp3) is 0.294. The van der Waals surface area contributed by atoms with Crippen LogP contribution in [0.25, 0.3) is 43.4 Å². The van der Waals surface area contributed by atoms with E-state index in [4.69, 9.17) is 0 Å². The lowest BCUT2D eigenvalue weighted by Gasteiger charge is -2.58. The van der Waals surface area contributed by atoms with Crippen LogP contribution in [0.2, 0.25) is 0 Å². The molecule has 6 aliphatic rings. The van der Waals surface area contributed by atoms with Crippen LogP contribution >= 0.6 is 0 Å². The Balaban J connectivity index is 0.000000268. The Labute approximate surface area is 481 Å². The molecule has 4 bridgehead atoms. The van der Waals surface area contributed by atoms with Crippen LogP contribution in [-0.2, 0) is 33.3 Å². The van der Waals surface area contributed by atoms with E-state index in [9.17, 15) is 36.2 Å². The zero-order valence-electron chi connectivity index (χ0n) is 46.4. The first-order chi connectivity index (χ1) is 39.4. The molecule has 15 rings (SSSR count).